The maximum absolute atomic E-state index is 11.2. The third-order valence-corrected chi connectivity index (χ3v) is 4.09. The zero-order chi connectivity index (χ0) is 14.0. The third kappa shape index (κ3) is 2.26. The summed E-state index contributed by atoms with van der Waals surface area (Å²) in [6, 6.07) is 3.23. The molecule has 0 bridgehead atoms. The summed E-state index contributed by atoms with van der Waals surface area (Å²) < 4.78 is 5.07. The highest BCUT2D eigenvalue weighted by Crippen LogP contribution is 2.44. The van der Waals surface area contributed by atoms with Crippen LogP contribution in [-0.4, -0.2) is 29.8 Å². The summed E-state index contributed by atoms with van der Waals surface area (Å²) in [6.07, 6.45) is 4.05. The first-order chi connectivity index (χ1) is 9.04. The van der Waals surface area contributed by atoms with Gasteiger partial charge in [0.2, 0.25) is 0 Å². The lowest BCUT2D eigenvalue weighted by Crippen LogP contribution is -2.32. The Balaban J connectivity index is 2.57. The molecule has 0 atom stereocenters. The molecule has 19 heavy (non-hydrogen) atoms. The second kappa shape index (κ2) is 5.09. The van der Waals surface area contributed by atoms with Gasteiger partial charge in [0.15, 0.2) is 11.5 Å². The molecule has 0 aliphatic heterocycles. The fraction of sp³-hybridized carbons (Fsp3) is 0.500. The average molecular weight is 265 g/mol. The van der Waals surface area contributed by atoms with E-state index < -0.39 is 5.97 Å². The zero-order valence-electron chi connectivity index (χ0n) is 11.0. The van der Waals surface area contributed by atoms with E-state index in [9.17, 15) is 9.90 Å². The lowest BCUT2D eigenvalue weighted by Gasteiger charge is -2.28. The predicted molar refractivity (Wildman–Crippen MR) is 70.8 cm³/mol. The largest absolute Gasteiger partial charge is 0.504 e. The van der Waals surface area contributed by atoms with Crippen LogP contribution in [0.3, 0.4) is 0 Å². The summed E-state index contributed by atoms with van der Waals surface area (Å²) in [5.74, 6) is -1.30. The molecule has 0 amide bonds. The maximum atomic E-state index is 11.2. The number of hydrogen-bond donors (Lipinski definition) is 3. The monoisotopic (exact) mass is 265 g/mol. The Labute approximate surface area is 112 Å². The third-order valence-electron chi connectivity index (χ3n) is 4.09. The quantitative estimate of drug-likeness (QED) is 0.772. The SMILES string of the molecule is COc1cc(C2(CN)CCCC2)cc(C(=O)O)c1O. The van der Waals surface area contributed by atoms with Crippen molar-refractivity contribution in [2.75, 3.05) is 13.7 Å². The van der Waals surface area contributed by atoms with Crippen LogP contribution in [0.4, 0.5) is 0 Å². The van der Waals surface area contributed by atoms with E-state index in [1.807, 2.05) is 0 Å². The smallest absolute Gasteiger partial charge is 0.339 e. The molecular formula is C14H19NO4. The summed E-state index contributed by atoms with van der Waals surface area (Å²) in [6.45, 7) is 0.472. The molecule has 2 rings (SSSR count). The van der Waals surface area contributed by atoms with Crippen LogP contribution < -0.4 is 10.5 Å². The molecule has 1 aromatic carbocycles. The number of carboxylic acid groups (broad SMARTS) is 1. The summed E-state index contributed by atoms with van der Waals surface area (Å²) in [5, 5.41) is 19.0. The number of hydrogen-bond acceptors (Lipinski definition) is 4. The van der Waals surface area contributed by atoms with Crippen LogP contribution in [0.15, 0.2) is 12.1 Å². The van der Waals surface area contributed by atoms with Crippen molar-refractivity contribution in [2.24, 2.45) is 5.73 Å². The molecule has 0 saturated heterocycles. The number of carbonyl (C=O) groups is 1. The standard InChI is InChI=1S/C14H19NO4/c1-19-11-7-9(6-10(12(11)16)13(17)18)14(8-15)4-2-3-5-14/h6-7,16H,2-5,8,15H2,1H3,(H,17,18). The number of nitrogens with two attached hydrogens (primary N) is 1. The van der Waals surface area contributed by atoms with Gasteiger partial charge in [-0.15, -0.1) is 0 Å². The van der Waals surface area contributed by atoms with Crippen LogP contribution in [0.1, 0.15) is 41.6 Å². The topological polar surface area (TPSA) is 92.8 Å². The summed E-state index contributed by atoms with van der Waals surface area (Å²) in [4.78, 5) is 11.2. The van der Waals surface area contributed by atoms with Crippen molar-refractivity contribution in [2.45, 2.75) is 31.1 Å². The summed E-state index contributed by atoms with van der Waals surface area (Å²) >= 11 is 0. The lowest BCUT2D eigenvalue weighted by molar-refractivity contribution is 0.0692. The minimum atomic E-state index is -1.16. The van der Waals surface area contributed by atoms with Crippen LogP contribution in [-0.2, 0) is 5.41 Å². The molecule has 1 aromatic rings. The van der Waals surface area contributed by atoms with Gasteiger partial charge in [-0.25, -0.2) is 4.79 Å². The highest BCUT2D eigenvalue weighted by molar-refractivity contribution is 5.92. The number of rotatable bonds is 4. The maximum Gasteiger partial charge on any atom is 0.339 e. The highest BCUT2D eigenvalue weighted by atomic mass is 16.5. The first kappa shape index (κ1) is 13.7. The van der Waals surface area contributed by atoms with E-state index in [0.29, 0.717) is 6.54 Å². The van der Waals surface area contributed by atoms with Crippen molar-refractivity contribution in [3.8, 4) is 11.5 Å². The van der Waals surface area contributed by atoms with Gasteiger partial charge in [0.05, 0.1) is 7.11 Å². The molecule has 4 N–H and O–H groups in total. The molecule has 0 radical (unpaired) electrons. The van der Waals surface area contributed by atoms with Gasteiger partial charge in [-0.05, 0) is 30.5 Å². The Morgan fingerprint density at radius 3 is 2.53 bits per heavy atom. The zero-order valence-corrected chi connectivity index (χ0v) is 11.0. The molecule has 0 heterocycles. The fourth-order valence-electron chi connectivity index (χ4n) is 2.90. The molecule has 0 spiro atoms. The van der Waals surface area contributed by atoms with Crippen molar-refractivity contribution in [3.05, 3.63) is 23.3 Å². The minimum Gasteiger partial charge on any atom is -0.504 e. The van der Waals surface area contributed by atoms with E-state index in [1.165, 1.54) is 13.2 Å². The second-order valence-electron chi connectivity index (χ2n) is 5.07. The van der Waals surface area contributed by atoms with Crippen molar-refractivity contribution < 1.29 is 19.7 Å². The Morgan fingerprint density at radius 2 is 2.05 bits per heavy atom. The molecule has 0 aromatic heterocycles. The van der Waals surface area contributed by atoms with Crippen LogP contribution >= 0.6 is 0 Å². The molecule has 104 valence electrons. The number of phenols is 1. The van der Waals surface area contributed by atoms with Crippen molar-refractivity contribution >= 4 is 5.97 Å². The molecule has 1 aliphatic rings. The van der Waals surface area contributed by atoms with Gasteiger partial charge in [0.1, 0.15) is 5.56 Å². The second-order valence-corrected chi connectivity index (χ2v) is 5.07. The van der Waals surface area contributed by atoms with E-state index in [4.69, 9.17) is 15.6 Å². The average Bonchev–Trinajstić information content (AvgIpc) is 2.88. The van der Waals surface area contributed by atoms with Gasteiger partial charge in [0.25, 0.3) is 0 Å². The minimum absolute atomic E-state index is 0.130. The van der Waals surface area contributed by atoms with E-state index in [2.05, 4.69) is 0 Å². The molecule has 0 unspecified atom stereocenters. The van der Waals surface area contributed by atoms with E-state index >= 15 is 0 Å². The molecule has 1 aliphatic carbocycles. The van der Waals surface area contributed by atoms with Gasteiger partial charge in [-0.3, -0.25) is 0 Å². The predicted octanol–water partition coefficient (Wildman–Crippen LogP) is 1.87. The Morgan fingerprint density at radius 1 is 1.42 bits per heavy atom. The molecule has 5 heteroatoms. The van der Waals surface area contributed by atoms with Gasteiger partial charge in [-0.1, -0.05) is 12.8 Å². The van der Waals surface area contributed by atoms with Crippen LogP contribution in [0.5, 0.6) is 11.5 Å². The molecule has 5 nitrogen and oxygen atoms in total. The number of aromatic hydroxyl groups is 1. The normalized spacial score (nSPS) is 17.4. The fourth-order valence-corrected chi connectivity index (χ4v) is 2.90. The molecular weight excluding hydrogens is 246 g/mol. The van der Waals surface area contributed by atoms with E-state index in [1.54, 1.807) is 6.07 Å². The van der Waals surface area contributed by atoms with Gasteiger partial charge < -0.3 is 20.7 Å². The Kier molecular flexibility index (Phi) is 3.66. The van der Waals surface area contributed by atoms with Crippen LogP contribution in [0.2, 0.25) is 0 Å². The first-order valence-electron chi connectivity index (χ1n) is 6.39. The van der Waals surface area contributed by atoms with E-state index in [0.717, 1.165) is 31.2 Å². The van der Waals surface area contributed by atoms with Gasteiger partial charge >= 0.3 is 5.97 Å². The number of ether oxygens (including phenoxy) is 1. The van der Waals surface area contributed by atoms with Crippen LogP contribution in [0.25, 0.3) is 0 Å². The Hall–Kier alpha value is -1.75. The Bertz CT molecular complexity index is 492. The van der Waals surface area contributed by atoms with Crippen LogP contribution in [0, 0.1) is 0 Å². The summed E-state index contributed by atoms with van der Waals surface area (Å²) in [7, 11) is 1.41. The summed E-state index contributed by atoms with van der Waals surface area (Å²) in [5.41, 5.74) is 6.43. The number of carboxylic acids is 1. The van der Waals surface area contributed by atoms with Crippen molar-refractivity contribution in [1.29, 1.82) is 0 Å². The van der Waals surface area contributed by atoms with Gasteiger partial charge in [0, 0.05) is 12.0 Å². The van der Waals surface area contributed by atoms with E-state index in [-0.39, 0.29) is 22.5 Å². The number of benzene rings is 1. The first-order valence-corrected chi connectivity index (χ1v) is 6.39. The molecule has 1 saturated carbocycles. The number of methoxy groups -OCH3 is 1. The molecule has 1 fully saturated rings. The van der Waals surface area contributed by atoms with Crippen molar-refractivity contribution in [1.82, 2.24) is 0 Å². The van der Waals surface area contributed by atoms with Gasteiger partial charge in [-0.2, -0.15) is 0 Å². The van der Waals surface area contributed by atoms with Crippen molar-refractivity contribution in [3.63, 3.8) is 0 Å². The number of aromatic carboxylic acids is 1. The lowest BCUT2D eigenvalue weighted by atomic mass is 9.78. The highest BCUT2D eigenvalue weighted by Gasteiger charge is 2.36.